The van der Waals surface area contributed by atoms with Crippen LogP contribution in [0.4, 0.5) is 11.6 Å². The van der Waals surface area contributed by atoms with E-state index in [9.17, 15) is 0 Å². The van der Waals surface area contributed by atoms with E-state index < -0.39 is 0 Å². The fourth-order valence-electron chi connectivity index (χ4n) is 2.56. The number of nitrogens with two attached hydrogens (primary N) is 1. The SMILES string of the molecule is CCc1nc(N)c(C)c(N2CCC(C(C)C)C2)n1. The van der Waals surface area contributed by atoms with Gasteiger partial charge in [-0.25, -0.2) is 9.97 Å². The number of hydrogen-bond donors (Lipinski definition) is 1. The van der Waals surface area contributed by atoms with E-state index in [0.29, 0.717) is 5.82 Å². The predicted molar refractivity (Wildman–Crippen MR) is 75.7 cm³/mol. The monoisotopic (exact) mass is 248 g/mol. The van der Waals surface area contributed by atoms with Gasteiger partial charge in [-0.1, -0.05) is 20.8 Å². The molecule has 100 valence electrons. The summed E-state index contributed by atoms with van der Waals surface area (Å²) in [6.45, 7) is 10.9. The van der Waals surface area contributed by atoms with Crippen molar-refractivity contribution in [3.63, 3.8) is 0 Å². The molecular weight excluding hydrogens is 224 g/mol. The van der Waals surface area contributed by atoms with Crippen molar-refractivity contribution < 1.29 is 0 Å². The molecule has 0 spiro atoms. The highest BCUT2D eigenvalue weighted by Crippen LogP contribution is 2.30. The quantitative estimate of drug-likeness (QED) is 0.892. The largest absolute Gasteiger partial charge is 0.383 e. The van der Waals surface area contributed by atoms with E-state index in [1.807, 2.05) is 6.92 Å². The Morgan fingerprint density at radius 2 is 2.11 bits per heavy atom. The number of anilines is 2. The fourth-order valence-corrected chi connectivity index (χ4v) is 2.56. The van der Waals surface area contributed by atoms with Crippen molar-refractivity contribution in [3.8, 4) is 0 Å². The zero-order valence-corrected chi connectivity index (χ0v) is 11.9. The molecule has 4 nitrogen and oxygen atoms in total. The van der Waals surface area contributed by atoms with E-state index in [1.54, 1.807) is 0 Å². The van der Waals surface area contributed by atoms with Crippen molar-refractivity contribution in [2.75, 3.05) is 23.7 Å². The minimum absolute atomic E-state index is 0.629. The van der Waals surface area contributed by atoms with E-state index in [4.69, 9.17) is 5.73 Å². The highest BCUT2D eigenvalue weighted by molar-refractivity contribution is 5.57. The molecule has 0 bridgehead atoms. The highest BCUT2D eigenvalue weighted by Gasteiger charge is 2.27. The first-order chi connectivity index (χ1) is 8.52. The number of rotatable bonds is 3. The lowest BCUT2D eigenvalue weighted by Crippen LogP contribution is -2.24. The Morgan fingerprint density at radius 1 is 1.39 bits per heavy atom. The minimum Gasteiger partial charge on any atom is -0.383 e. The van der Waals surface area contributed by atoms with Gasteiger partial charge in [0.1, 0.15) is 17.5 Å². The average molecular weight is 248 g/mol. The molecule has 1 aliphatic rings. The topological polar surface area (TPSA) is 55.0 Å². The standard InChI is InChI=1S/C14H24N4/c1-5-12-16-13(15)10(4)14(17-12)18-7-6-11(8-18)9(2)3/h9,11H,5-8H2,1-4H3,(H2,15,16,17). The van der Waals surface area contributed by atoms with Crippen molar-refractivity contribution in [2.24, 2.45) is 11.8 Å². The average Bonchev–Trinajstić information content (AvgIpc) is 2.82. The van der Waals surface area contributed by atoms with Crippen LogP contribution < -0.4 is 10.6 Å². The maximum atomic E-state index is 5.98. The molecule has 1 saturated heterocycles. The summed E-state index contributed by atoms with van der Waals surface area (Å²) >= 11 is 0. The number of nitrogens with zero attached hydrogens (tertiary/aromatic N) is 3. The molecule has 1 aliphatic heterocycles. The summed E-state index contributed by atoms with van der Waals surface area (Å²) in [7, 11) is 0. The van der Waals surface area contributed by atoms with E-state index in [0.717, 1.165) is 48.6 Å². The van der Waals surface area contributed by atoms with Crippen LogP contribution in [0.5, 0.6) is 0 Å². The van der Waals surface area contributed by atoms with Gasteiger partial charge in [0.25, 0.3) is 0 Å². The van der Waals surface area contributed by atoms with Crippen LogP contribution in [0.3, 0.4) is 0 Å². The molecule has 2 rings (SSSR count). The first kappa shape index (κ1) is 13.1. The molecule has 2 N–H and O–H groups in total. The molecule has 2 heterocycles. The van der Waals surface area contributed by atoms with Crippen LogP contribution >= 0.6 is 0 Å². The first-order valence-electron chi connectivity index (χ1n) is 6.90. The maximum absolute atomic E-state index is 5.98. The fraction of sp³-hybridized carbons (Fsp3) is 0.714. The Kier molecular flexibility index (Phi) is 3.73. The van der Waals surface area contributed by atoms with Gasteiger partial charge in [0, 0.05) is 25.1 Å². The summed E-state index contributed by atoms with van der Waals surface area (Å²) in [5.41, 5.74) is 7.01. The Morgan fingerprint density at radius 3 is 2.67 bits per heavy atom. The highest BCUT2D eigenvalue weighted by atomic mass is 15.2. The second-order valence-electron chi connectivity index (χ2n) is 5.57. The van der Waals surface area contributed by atoms with Crippen LogP contribution in [-0.4, -0.2) is 23.1 Å². The van der Waals surface area contributed by atoms with Gasteiger partial charge in [-0.15, -0.1) is 0 Å². The van der Waals surface area contributed by atoms with E-state index >= 15 is 0 Å². The minimum atomic E-state index is 0.629. The van der Waals surface area contributed by atoms with Crippen molar-refractivity contribution >= 4 is 11.6 Å². The molecule has 1 fully saturated rings. The molecule has 1 atom stereocenters. The number of aryl methyl sites for hydroxylation is 1. The number of aromatic nitrogens is 2. The van der Waals surface area contributed by atoms with Gasteiger partial charge < -0.3 is 10.6 Å². The Bertz CT molecular complexity index is 428. The second-order valence-corrected chi connectivity index (χ2v) is 5.57. The zero-order chi connectivity index (χ0) is 13.3. The number of hydrogen-bond acceptors (Lipinski definition) is 4. The van der Waals surface area contributed by atoms with Crippen LogP contribution in [0.15, 0.2) is 0 Å². The van der Waals surface area contributed by atoms with Crippen molar-refractivity contribution in [2.45, 2.75) is 40.5 Å². The first-order valence-corrected chi connectivity index (χ1v) is 6.90. The molecule has 0 aromatic carbocycles. The van der Waals surface area contributed by atoms with Crippen LogP contribution in [0, 0.1) is 18.8 Å². The van der Waals surface area contributed by atoms with Gasteiger partial charge in [0.15, 0.2) is 0 Å². The number of nitrogen functional groups attached to an aromatic ring is 1. The maximum Gasteiger partial charge on any atom is 0.137 e. The molecule has 0 amide bonds. The van der Waals surface area contributed by atoms with E-state index in [1.165, 1.54) is 6.42 Å². The summed E-state index contributed by atoms with van der Waals surface area (Å²) in [6.07, 6.45) is 2.08. The van der Waals surface area contributed by atoms with Crippen LogP contribution in [-0.2, 0) is 6.42 Å². The van der Waals surface area contributed by atoms with Crippen LogP contribution in [0.1, 0.15) is 38.6 Å². The van der Waals surface area contributed by atoms with Gasteiger partial charge in [-0.2, -0.15) is 0 Å². The third-order valence-corrected chi connectivity index (χ3v) is 3.99. The normalized spacial score (nSPS) is 19.8. The van der Waals surface area contributed by atoms with Crippen LogP contribution in [0.25, 0.3) is 0 Å². The molecule has 0 saturated carbocycles. The lowest BCUT2D eigenvalue weighted by Gasteiger charge is -2.21. The zero-order valence-electron chi connectivity index (χ0n) is 11.9. The smallest absolute Gasteiger partial charge is 0.137 e. The lowest BCUT2D eigenvalue weighted by molar-refractivity contribution is 0.422. The summed E-state index contributed by atoms with van der Waals surface area (Å²) in [5.74, 6) is 4.03. The van der Waals surface area contributed by atoms with Gasteiger partial charge >= 0.3 is 0 Å². The lowest BCUT2D eigenvalue weighted by atomic mass is 9.95. The molecule has 0 aliphatic carbocycles. The molecule has 0 radical (unpaired) electrons. The van der Waals surface area contributed by atoms with Gasteiger partial charge in [0.2, 0.25) is 0 Å². The summed E-state index contributed by atoms with van der Waals surface area (Å²) < 4.78 is 0. The van der Waals surface area contributed by atoms with Crippen molar-refractivity contribution in [3.05, 3.63) is 11.4 Å². The van der Waals surface area contributed by atoms with Crippen LogP contribution in [0.2, 0.25) is 0 Å². The summed E-state index contributed by atoms with van der Waals surface area (Å²) in [4.78, 5) is 11.4. The third-order valence-electron chi connectivity index (χ3n) is 3.99. The Labute approximate surface area is 110 Å². The molecule has 18 heavy (non-hydrogen) atoms. The molecule has 1 aromatic rings. The van der Waals surface area contributed by atoms with Gasteiger partial charge in [-0.05, 0) is 25.2 Å². The van der Waals surface area contributed by atoms with E-state index in [2.05, 4.69) is 35.6 Å². The van der Waals surface area contributed by atoms with Crippen molar-refractivity contribution in [1.29, 1.82) is 0 Å². The van der Waals surface area contributed by atoms with Gasteiger partial charge in [0.05, 0.1) is 0 Å². The van der Waals surface area contributed by atoms with E-state index in [-0.39, 0.29) is 0 Å². The molecule has 1 unspecified atom stereocenters. The summed E-state index contributed by atoms with van der Waals surface area (Å²) in [6, 6.07) is 0. The Hall–Kier alpha value is -1.32. The second kappa shape index (κ2) is 5.12. The molecule has 1 aromatic heterocycles. The Balaban J connectivity index is 2.26. The molecule has 4 heteroatoms. The third kappa shape index (κ3) is 2.42. The molecular formula is C14H24N4. The van der Waals surface area contributed by atoms with Crippen molar-refractivity contribution in [1.82, 2.24) is 9.97 Å². The predicted octanol–water partition coefficient (Wildman–Crippen LogP) is 2.41. The summed E-state index contributed by atoms with van der Waals surface area (Å²) in [5, 5.41) is 0. The van der Waals surface area contributed by atoms with Gasteiger partial charge in [-0.3, -0.25) is 0 Å².